The van der Waals surface area contributed by atoms with Crippen LogP contribution in [0.5, 0.6) is 0 Å². The Hall–Kier alpha value is -1.33. The van der Waals surface area contributed by atoms with E-state index in [1.54, 1.807) is 19.4 Å². The first-order valence-corrected chi connectivity index (χ1v) is 6.77. The van der Waals surface area contributed by atoms with E-state index in [1.807, 2.05) is 6.92 Å². The molecule has 5 heteroatoms. The lowest BCUT2D eigenvalue weighted by atomic mass is 10.2. The zero-order valence-corrected chi connectivity index (χ0v) is 11.6. The van der Waals surface area contributed by atoms with Gasteiger partial charge in [0, 0.05) is 31.8 Å². The summed E-state index contributed by atoms with van der Waals surface area (Å²) >= 11 is 0. The second kappa shape index (κ2) is 6.73. The Morgan fingerprint density at radius 3 is 3.16 bits per heavy atom. The molecule has 0 aliphatic carbocycles. The third-order valence-corrected chi connectivity index (χ3v) is 3.65. The molecule has 0 bridgehead atoms. The van der Waals surface area contributed by atoms with Crippen LogP contribution in [-0.2, 0) is 4.74 Å². The van der Waals surface area contributed by atoms with Crippen molar-refractivity contribution >= 4 is 5.91 Å². The SMILES string of the molecule is COCCN1CCCC1CNC(=O)c1occc1C. The highest BCUT2D eigenvalue weighted by Gasteiger charge is 2.25. The third-order valence-electron chi connectivity index (χ3n) is 3.65. The maximum Gasteiger partial charge on any atom is 0.287 e. The van der Waals surface area contributed by atoms with Crippen molar-refractivity contribution in [2.45, 2.75) is 25.8 Å². The van der Waals surface area contributed by atoms with Gasteiger partial charge in [0.1, 0.15) is 0 Å². The molecule has 0 aromatic carbocycles. The minimum Gasteiger partial charge on any atom is -0.459 e. The van der Waals surface area contributed by atoms with Gasteiger partial charge >= 0.3 is 0 Å². The number of amides is 1. The predicted molar refractivity (Wildman–Crippen MR) is 72.2 cm³/mol. The minimum absolute atomic E-state index is 0.124. The van der Waals surface area contributed by atoms with Crippen LogP contribution in [0.1, 0.15) is 29.0 Å². The van der Waals surface area contributed by atoms with Gasteiger partial charge in [-0.1, -0.05) is 0 Å². The second-order valence-electron chi connectivity index (χ2n) is 4.97. The molecule has 1 atom stereocenters. The van der Waals surface area contributed by atoms with Crippen LogP contribution in [0.2, 0.25) is 0 Å². The largest absolute Gasteiger partial charge is 0.459 e. The number of rotatable bonds is 6. The van der Waals surface area contributed by atoms with E-state index in [4.69, 9.17) is 9.15 Å². The first kappa shape index (κ1) is 14.1. The molecule has 0 radical (unpaired) electrons. The van der Waals surface area contributed by atoms with Gasteiger partial charge in [-0.25, -0.2) is 0 Å². The van der Waals surface area contributed by atoms with Crippen LogP contribution >= 0.6 is 0 Å². The van der Waals surface area contributed by atoms with Crippen molar-refractivity contribution in [3.8, 4) is 0 Å². The summed E-state index contributed by atoms with van der Waals surface area (Å²) < 4.78 is 10.3. The number of carbonyl (C=O) groups is 1. The van der Waals surface area contributed by atoms with Crippen molar-refractivity contribution in [3.63, 3.8) is 0 Å². The van der Waals surface area contributed by atoms with Crippen LogP contribution in [0.3, 0.4) is 0 Å². The van der Waals surface area contributed by atoms with Gasteiger partial charge < -0.3 is 14.5 Å². The number of furan rings is 1. The van der Waals surface area contributed by atoms with E-state index >= 15 is 0 Å². The topological polar surface area (TPSA) is 54.7 Å². The van der Waals surface area contributed by atoms with E-state index in [0.29, 0.717) is 18.3 Å². The average molecular weight is 266 g/mol. The summed E-state index contributed by atoms with van der Waals surface area (Å²) in [6, 6.07) is 2.21. The molecular weight excluding hydrogens is 244 g/mol. The highest BCUT2D eigenvalue weighted by Crippen LogP contribution is 2.16. The lowest BCUT2D eigenvalue weighted by molar-refractivity contribution is 0.0904. The van der Waals surface area contributed by atoms with Crippen molar-refractivity contribution in [2.24, 2.45) is 0 Å². The van der Waals surface area contributed by atoms with Gasteiger partial charge in [-0.05, 0) is 32.4 Å². The Kier molecular flexibility index (Phi) is 4.99. The highest BCUT2D eigenvalue weighted by atomic mass is 16.5. The molecule has 2 heterocycles. The molecule has 19 heavy (non-hydrogen) atoms. The van der Waals surface area contributed by atoms with Crippen molar-refractivity contribution in [1.82, 2.24) is 10.2 Å². The first-order valence-electron chi connectivity index (χ1n) is 6.77. The predicted octanol–water partition coefficient (Wildman–Crippen LogP) is 1.43. The smallest absolute Gasteiger partial charge is 0.287 e. The first-order chi connectivity index (χ1) is 9.22. The third kappa shape index (κ3) is 3.58. The van der Waals surface area contributed by atoms with Gasteiger partial charge in [0.15, 0.2) is 5.76 Å². The quantitative estimate of drug-likeness (QED) is 0.846. The van der Waals surface area contributed by atoms with Crippen molar-refractivity contribution in [3.05, 3.63) is 23.7 Å². The standard InChI is InChI=1S/C14H22N2O3/c1-11-5-8-19-13(11)14(17)15-10-12-4-3-6-16(12)7-9-18-2/h5,8,12H,3-4,6-7,9-10H2,1-2H3,(H,15,17). The lowest BCUT2D eigenvalue weighted by Crippen LogP contribution is -2.41. The fourth-order valence-corrected chi connectivity index (χ4v) is 2.53. The van der Waals surface area contributed by atoms with Gasteiger partial charge in [-0.15, -0.1) is 0 Å². The summed E-state index contributed by atoms with van der Waals surface area (Å²) in [6.45, 7) is 5.30. The molecule has 1 saturated heterocycles. The van der Waals surface area contributed by atoms with Crippen molar-refractivity contribution < 1.29 is 13.9 Å². The Balaban J connectivity index is 1.81. The minimum atomic E-state index is -0.124. The molecular formula is C14H22N2O3. The number of ether oxygens (including phenoxy) is 1. The maximum absolute atomic E-state index is 12.0. The lowest BCUT2D eigenvalue weighted by Gasteiger charge is -2.24. The van der Waals surface area contributed by atoms with E-state index < -0.39 is 0 Å². The van der Waals surface area contributed by atoms with Crippen molar-refractivity contribution in [1.29, 1.82) is 0 Å². The van der Waals surface area contributed by atoms with E-state index in [9.17, 15) is 4.79 Å². The Morgan fingerprint density at radius 2 is 2.47 bits per heavy atom. The number of hydrogen-bond donors (Lipinski definition) is 1. The summed E-state index contributed by atoms with van der Waals surface area (Å²) in [6.07, 6.45) is 3.86. The monoisotopic (exact) mass is 266 g/mol. The number of nitrogens with one attached hydrogen (secondary N) is 1. The molecule has 1 aliphatic rings. The molecule has 1 amide bonds. The molecule has 0 spiro atoms. The number of hydrogen-bond acceptors (Lipinski definition) is 4. The molecule has 5 nitrogen and oxygen atoms in total. The summed E-state index contributed by atoms with van der Waals surface area (Å²) in [5.74, 6) is 0.294. The maximum atomic E-state index is 12.0. The molecule has 106 valence electrons. The van der Waals surface area contributed by atoms with Crippen LogP contribution < -0.4 is 5.32 Å². The summed E-state index contributed by atoms with van der Waals surface area (Å²) in [5.41, 5.74) is 0.875. The van der Waals surface area contributed by atoms with Crippen LogP contribution in [0.4, 0.5) is 0 Å². The second-order valence-corrected chi connectivity index (χ2v) is 4.97. The Labute approximate surface area is 113 Å². The zero-order valence-electron chi connectivity index (χ0n) is 11.6. The van der Waals surface area contributed by atoms with Crippen molar-refractivity contribution in [2.75, 3.05) is 33.4 Å². The molecule has 1 aromatic rings. The average Bonchev–Trinajstić information content (AvgIpc) is 3.02. The molecule has 0 saturated carbocycles. The van der Waals surface area contributed by atoms with Crippen LogP contribution in [0.15, 0.2) is 16.7 Å². The van der Waals surface area contributed by atoms with E-state index in [0.717, 1.165) is 31.7 Å². The highest BCUT2D eigenvalue weighted by molar-refractivity contribution is 5.92. The summed E-state index contributed by atoms with van der Waals surface area (Å²) in [4.78, 5) is 14.3. The Bertz CT molecular complexity index is 417. The van der Waals surface area contributed by atoms with Gasteiger partial charge in [-0.2, -0.15) is 0 Å². The van der Waals surface area contributed by atoms with Crippen LogP contribution in [0, 0.1) is 6.92 Å². The molecule has 1 aliphatic heterocycles. The van der Waals surface area contributed by atoms with Crippen LogP contribution in [-0.4, -0.2) is 50.2 Å². The fourth-order valence-electron chi connectivity index (χ4n) is 2.53. The zero-order chi connectivity index (χ0) is 13.7. The van der Waals surface area contributed by atoms with E-state index in [-0.39, 0.29) is 5.91 Å². The number of nitrogens with zero attached hydrogens (tertiary/aromatic N) is 1. The molecule has 1 N–H and O–H groups in total. The molecule has 1 aromatic heterocycles. The van der Waals surface area contributed by atoms with E-state index in [2.05, 4.69) is 10.2 Å². The number of likely N-dealkylation sites (tertiary alicyclic amines) is 1. The fraction of sp³-hybridized carbons (Fsp3) is 0.643. The normalized spacial score (nSPS) is 19.8. The van der Waals surface area contributed by atoms with Gasteiger partial charge in [0.25, 0.3) is 5.91 Å². The van der Waals surface area contributed by atoms with Gasteiger partial charge in [-0.3, -0.25) is 9.69 Å². The molecule has 1 fully saturated rings. The van der Waals surface area contributed by atoms with Gasteiger partial charge in [0.2, 0.25) is 0 Å². The number of methoxy groups -OCH3 is 1. The molecule has 2 rings (SSSR count). The summed E-state index contributed by atoms with van der Waals surface area (Å²) in [5, 5.41) is 2.96. The number of carbonyl (C=O) groups excluding carboxylic acids is 1. The summed E-state index contributed by atoms with van der Waals surface area (Å²) in [7, 11) is 1.71. The van der Waals surface area contributed by atoms with Gasteiger partial charge in [0.05, 0.1) is 12.9 Å². The van der Waals surface area contributed by atoms with Crippen LogP contribution in [0.25, 0.3) is 0 Å². The number of aryl methyl sites for hydroxylation is 1. The molecule has 1 unspecified atom stereocenters. The Morgan fingerprint density at radius 1 is 1.63 bits per heavy atom. The van der Waals surface area contributed by atoms with E-state index in [1.165, 1.54) is 6.42 Å².